The summed E-state index contributed by atoms with van der Waals surface area (Å²) in [5.74, 6) is 0.659. The zero-order valence-electron chi connectivity index (χ0n) is 13.0. The van der Waals surface area contributed by atoms with Gasteiger partial charge in [-0.15, -0.1) is 0 Å². The monoisotopic (exact) mass is 314 g/mol. The molecule has 0 radical (unpaired) electrons. The van der Waals surface area contributed by atoms with Gasteiger partial charge in [-0.1, -0.05) is 24.3 Å². The van der Waals surface area contributed by atoms with Crippen molar-refractivity contribution in [2.75, 3.05) is 24.6 Å². The number of anilines is 1. The first-order valence-electron chi connectivity index (χ1n) is 7.89. The summed E-state index contributed by atoms with van der Waals surface area (Å²) in [4.78, 5) is 10.9. The van der Waals surface area contributed by atoms with Crippen molar-refractivity contribution >= 4 is 5.95 Å². The molecule has 0 aliphatic carbocycles. The van der Waals surface area contributed by atoms with Gasteiger partial charge in [-0.3, -0.25) is 0 Å². The van der Waals surface area contributed by atoms with Gasteiger partial charge >= 0.3 is 0 Å². The summed E-state index contributed by atoms with van der Waals surface area (Å²) in [5, 5.41) is 18.8. The number of aliphatic hydroxyl groups excluding tert-OH is 2. The molecule has 1 aromatic carbocycles. The van der Waals surface area contributed by atoms with Crippen molar-refractivity contribution < 1.29 is 10.2 Å². The highest BCUT2D eigenvalue weighted by Crippen LogP contribution is 2.22. The SMILES string of the molecule is NC(CO)c1ccc(-c2cnc(N3CCCC(O)C3)nc2)cc1. The minimum Gasteiger partial charge on any atom is -0.394 e. The number of aromatic nitrogens is 2. The second-order valence-corrected chi connectivity index (χ2v) is 5.92. The minimum absolute atomic E-state index is 0.0706. The van der Waals surface area contributed by atoms with E-state index in [2.05, 4.69) is 9.97 Å². The van der Waals surface area contributed by atoms with Crippen LogP contribution in [-0.2, 0) is 0 Å². The molecule has 1 aromatic heterocycles. The Labute approximate surface area is 135 Å². The summed E-state index contributed by atoms with van der Waals surface area (Å²) in [5.41, 5.74) is 8.63. The van der Waals surface area contributed by atoms with Crippen LogP contribution in [0.5, 0.6) is 0 Å². The second-order valence-electron chi connectivity index (χ2n) is 5.92. The molecule has 3 rings (SSSR count). The first kappa shape index (κ1) is 15.9. The van der Waals surface area contributed by atoms with E-state index in [1.54, 1.807) is 12.4 Å². The van der Waals surface area contributed by atoms with Crippen LogP contribution in [0.4, 0.5) is 5.95 Å². The Hall–Kier alpha value is -2.02. The molecule has 122 valence electrons. The van der Waals surface area contributed by atoms with Gasteiger partial charge in [0.2, 0.25) is 5.95 Å². The van der Waals surface area contributed by atoms with E-state index in [0.29, 0.717) is 12.5 Å². The normalized spacial score (nSPS) is 19.6. The largest absolute Gasteiger partial charge is 0.394 e. The van der Waals surface area contributed by atoms with Crippen molar-refractivity contribution in [3.05, 3.63) is 42.2 Å². The Morgan fingerprint density at radius 2 is 1.87 bits per heavy atom. The number of piperidine rings is 1. The van der Waals surface area contributed by atoms with Crippen LogP contribution in [0.25, 0.3) is 11.1 Å². The molecule has 1 fully saturated rings. The zero-order valence-corrected chi connectivity index (χ0v) is 13.0. The third-order valence-corrected chi connectivity index (χ3v) is 4.19. The molecule has 0 bridgehead atoms. The van der Waals surface area contributed by atoms with Crippen molar-refractivity contribution in [2.45, 2.75) is 25.0 Å². The predicted octanol–water partition coefficient (Wildman–Crippen LogP) is 1.10. The van der Waals surface area contributed by atoms with Gasteiger partial charge < -0.3 is 20.8 Å². The number of β-amino-alcohol motifs (C(OH)–C–C–N with tert-alkyl or cyclic N) is 1. The van der Waals surface area contributed by atoms with Crippen LogP contribution in [-0.4, -0.2) is 46.0 Å². The standard InChI is InChI=1S/C17H22N4O2/c18-16(11-22)13-5-3-12(4-6-13)14-8-19-17(20-9-14)21-7-1-2-15(23)10-21/h3-6,8-9,15-16,22-23H,1-2,7,10-11,18H2. The van der Waals surface area contributed by atoms with Gasteiger partial charge in [-0.25, -0.2) is 9.97 Å². The van der Waals surface area contributed by atoms with E-state index in [1.165, 1.54) is 0 Å². The molecule has 2 unspecified atom stereocenters. The lowest BCUT2D eigenvalue weighted by Crippen LogP contribution is -2.39. The van der Waals surface area contributed by atoms with Crippen molar-refractivity contribution in [3.8, 4) is 11.1 Å². The number of hydrogen-bond acceptors (Lipinski definition) is 6. The van der Waals surface area contributed by atoms with Gasteiger partial charge in [0.1, 0.15) is 0 Å². The molecule has 2 heterocycles. The molecule has 2 aromatic rings. The summed E-state index contributed by atoms with van der Waals surface area (Å²) in [6.45, 7) is 1.40. The van der Waals surface area contributed by atoms with Gasteiger partial charge in [-0.05, 0) is 24.0 Å². The first-order chi connectivity index (χ1) is 11.2. The van der Waals surface area contributed by atoms with Gasteiger partial charge in [0.15, 0.2) is 0 Å². The molecule has 0 spiro atoms. The van der Waals surface area contributed by atoms with E-state index >= 15 is 0 Å². The lowest BCUT2D eigenvalue weighted by molar-refractivity contribution is 0.153. The Morgan fingerprint density at radius 1 is 1.17 bits per heavy atom. The molecule has 1 saturated heterocycles. The fraction of sp³-hybridized carbons (Fsp3) is 0.412. The number of aliphatic hydroxyl groups is 2. The van der Waals surface area contributed by atoms with Crippen LogP contribution in [0.2, 0.25) is 0 Å². The molecule has 4 N–H and O–H groups in total. The Bertz CT molecular complexity index is 630. The topological polar surface area (TPSA) is 95.5 Å². The van der Waals surface area contributed by atoms with Crippen LogP contribution in [0.1, 0.15) is 24.4 Å². The summed E-state index contributed by atoms with van der Waals surface area (Å²) in [6.07, 6.45) is 5.10. The van der Waals surface area contributed by atoms with Gasteiger partial charge in [-0.2, -0.15) is 0 Å². The molecule has 1 aliphatic heterocycles. The van der Waals surface area contributed by atoms with Crippen molar-refractivity contribution in [1.82, 2.24) is 9.97 Å². The van der Waals surface area contributed by atoms with E-state index in [0.717, 1.165) is 36.1 Å². The first-order valence-corrected chi connectivity index (χ1v) is 7.89. The van der Waals surface area contributed by atoms with E-state index in [4.69, 9.17) is 10.8 Å². The maximum Gasteiger partial charge on any atom is 0.225 e. The third kappa shape index (κ3) is 3.67. The summed E-state index contributed by atoms with van der Waals surface area (Å²) in [7, 11) is 0. The molecule has 2 atom stereocenters. The summed E-state index contributed by atoms with van der Waals surface area (Å²) >= 11 is 0. The van der Waals surface area contributed by atoms with E-state index < -0.39 is 0 Å². The van der Waals surface area contributed by atoms with Crippen LogP contribution in [0, 0.1) is 0 Å². The molecular weight excluding hydrogens is 292 g/mol. The maximum atomic E-state index is 9.74. The summed E-state index contributed by atoms with van der Waals surface area (Å²) < 4.78 is 0. The average molecular weight is 314 g/mol. The van der Waals surface area contributed by atoms with Crippen LogP contribution in [0.15, 0.2) is 36.7 Å². The molecule has 1 aliphatic rings. The van der Waals surface area contributed by atoms with Gasteiger partial charge in [0, 0.05) is 31.0 Å². The highest BCUT2D eigenvalue weighted by Gasteiger charge is 2.19. The van der Waals surface area contributed by atoms with Gasteiger partial charge in [0.05, 0.1) is 18.8 Å². The molecule has 0 amide bonds. The van der Waals surface area contributed by atoms with Crippen molar-refractivity contribution in [3.63, 3.8) is 0 Å². The number of rotatable bonds is 4. The molecule has 0 saturated carbocycles. The lowest BCUT2D eigenvalue weighted by Gasteiger charge is -2.29. The van der Waals surface area contributed by atoms with Crippen LogP contribution >= 0.6 is 0 Å². The fourth-order valence-corrected chi connectivity index (χ4v) is 2.80. The molecular formula is C17H22N4O2. The van der Waals surface area contributed by atoms with Crippen LogP contribution < -0.4 is 10.6 Å². The number of benzene rings is 1. The maximum absolute atomic E-state index is 9.74. The Kier molecular flexibility index (Phi) is 4.85. The van der Waals surface area contributed by atoms with Crippen molar-refractivity contribution in [1.29, 1.82) is 0 Å². The molecule has 23 heavy (non-hydrogen) atoms. The number of nitrogens with two attached hydrogens (primary N) is 1. The third-order valence-electron chi connectivity index (χ3n) is 4.19. The number of nitrogens with zero attached hydrogens (tertiary/aromatic N) is 3. The quantitative estimate of drug-likeness (QED) is 0.782. The van der Waals surface area contributed by atoms with Crippen LogP contribution in [0.3, 0.4) is 0 Å². The van der Waals surface area contributed by atoms with E-state index in [-0.39, 0.29) is 18.8 Å². The smallest absolute Gasteiger partial charge is 0.225 e. The molecule has 6 nitrogen and oxygen atoms in total. The highest BCUT2D eigenvalue weighted by atomic mass is 16.3. The highest BCUT2D eigenvalue weighted by molar-refractivity contribution is 5.62. The fourth-order valence-electron chi connectivity index (χ4n) is 2.80. The molecule has 6 heteroatoms. The second kappa shape index (κ2) is 7.04. The Balaban J connectivity index is 1.74. The lowest BCUT2D eigenvalue weighted by atomic mass is 10.0. The van der Waals surface area contributed by atoms with E-state index in [9.17, 15) is 5.11 Å². The number of hydrogen-bond donors (Lipinski definition) is 3. The van der Waals surface area contributed by atoms with E-state index in [1.807, 2.05) is 29.2 Å². The van der Waals surface area contributed by atoms with Gasteiger partial charge in [0.25, 0.3) is 0 Å². The zero-order chi connectivity index (χ0) is 16.2. The summed E-state index contributed by atoms with van der Waals surface area (Å²) in [6, 6.07) is 7.37. The Morgan fingerprint density at radius 3 is 2.48 bits per heavy atom. The predicted molar refractivity (Wildman–Crippen MR) is 88.9 cm³/mol. The van der Waals surface area contributed by atoms with Crippen molar-refractivity contribution in [2.24, 2.45) is 5.73 Å². The minimum atomic E-state index is -0.354. The average Bonchev–Trinajstić information content (AvgIpc) is 2.61.